The van der Waals surface area contributed by atoms with Gasteiger partial charge in [-0.15, -0.1) is 0 Å². The van der Waals surface area contributed by atoms with E-state index in [0.29, 0.717) is 11.8 Å². The van der Waals surface area contributed by atoms with Crippen LogP contribution < -0.4 is 0 Å². The summed E-state index contributed by atoms with van der Waals surface area (Å²) in [5.74, 6) is 1.07. The summed E-state index contributed by atoms with van der Waals surface area (Å²) < 4.78 is 2.17. The second-order valence-electron chi connectivity index (χ2n) is 7.03. The van der Waals surface area contributed by atoms with Crippen molar-refractivity contribution in [3.8, 4) is 0 Å². The average Bonchev–Trinajstić information content (AvgIpc) is 2.58. The fraction of sp³-hybridized carbons (Fsp3) is 0.800. The zero-order valence-electron chi connectivity index (χ0n) is 12.3. The Kier molecular flexibility index (Phi) is 3.54. The molecule has 0 aromatic carbocycles. The minimum Gasteiger partial charge on any atom is -0.393 e. The molecular weight excluding hydrogens is 224 g/mol. The Bertz CT molecular complexity index is 409. The van der Waals surface area contributed by atoms with Crippen LogP contribution in [0.3, 0.4) is 0 Å². The van der Waals surface area contributed by atoms with Gasteiger partial charge in [-0.05, 0) is 30.7 Å². The minimum absolute atomic E-state index is 0.0757. The zero-order chi connectivity index (χ0) is 13.5. The van der Waals surface area contributed by atoms with Gasteiger partial charge in [-0.3, -0.25) is 4.68 Å². The standard InChI is InChI=1S/C15H26N2O/c1-10(2)13-8-14(15(3,4)5)17(16-13)9-11-6-12(18)7-11/h8,10-12,18H,6-7,9H2,1-5H3. The van der Waals surface area contributed by atoms with Crippen molar-refractivity contribution in [2.75, 3.05) is 0 Å². The summed E-state index contributed by atoms with van der Waals surface area (Å²) in [4.78, 5) is 0. The maximum atomic E-state index is 9.39. The lowest BCUT2D eigenvalue weighted by Gasteiger charge is -2.32. The van der Waals surface area contributed by atoms with Gasteiger partial charge >= 0.3 is 0 Å². The first-order valence-corrected chi connectivity index (χ1v) is 7.03. The Morgan fingerprint density at radius 2 is 2.00 bits per heavy atom. The van der Waals surface area contributed by atoms with Gasteiger partial charge in [0.1, 0.15) is 0 Å². The molecule has 102 valence electrons. The maximum Gasteiger partial charge on any atom is 0.0653 e. The van der Waals surface area contributed by atoms with E-state index in [4.69, 9.17) is 5.10 Å². The quantitative estimate of drug-likeness (QED) is 0.895. The highest BCUT2D eigenvalue weighted by atomic mass is 16.3. The molecule has 2 rings (SSSR count). The van der Waals surface area contributed by atoms with E-state index in [1.807, 2.05) is 0 Å². The first-order chi connectivity index (χ1) is 8.27. The number of aliphatic hydroxyl groups is 1. The van der Waals surface area contributed by atoms with Crippen molar-refractivity contribution in [3.63, 3.8) is 0 Å². The summed E-state index contributed by atoms with van der Waals surface area (Å²) in [7, 11) is 0. The van der Waals surface area contributed by atoms with Crippen LogP contribution in [-0.2, 0) is 12.0 Å². The summed E-state index contributed by atoms with van der Waals surface area (Å²) in [6.45, 7) is 12.0. The Hall–Kier alpha value is -0.830. The molecule has 0 atom stereocenters. The average molecular weight is 250 g/mol. The molecule has 1 N–H and O–H groups in total. The van der Waals surface area contributed by atoms with Crippen molar-refractivity contribution in [2.45, 2.75) is 71.4 Å². The molecule has 0 radical (unpaired) electrons. The molecule has 0 unspecified atom stereocenters. The number of hydrogen-bond donors (Lipinski definition) is 1. The fourth-order valence-electron chi connectivity index (χ4n) is 2.56. The Balaban J connectivity index is 2.21. The summed E-state index contributed by atoms with van der Waals surface area (Å²) in [6.07, 6.45) is 1.79. The van der Waals surface area contributed by atoms with Crippen LogP contribution in [-0.4, -0.2) is 21.0 Å². The van der Waals surface area contributed by atoms with Crippen molar-refractivity contribution in [2.24, 2.45) is 5.92 Å². The third-order valence-corrected chi connectivity index (χ3v) is 3.80. The fourth-order valence-corrected chi connectivity index (χ4v) is 2.56. The highest BCUT2D eigenvalue weighted by Gasteiger charge is 2.30. The minimum atomic E-state index is -0.0757. The van der Waals surface area contributed by atoms with E-state index in [1.165, 1.54) is 11.4 Å². The van der Waals surface area contributed by atoms with Crippen LogP contribution in [0, 0.1) is 5.92 Å². The van der Waals surface area contributed by atoms with Crippen molar-refractivity contribution < 1.29 is 5.11 Å². The topological polar surface area (TPSA) is 38.0 Å². The number of rotatable bonds is 3. The van der Waals surface area contributed by atoms with Crippen molar-refractivity contribution in [3.05, 3.63) is 17.5 Å². The van der Waals surface area contributed by atoms with Crippen LogP contribution in [0.25, 0.3) is 0 Å². The molecule has 0 bridgehead atoms. The van der Waals surface area contributed by atoms with Gasteiger partial charge in [-0.25, -0.2) is 0 Å². The third-order valence-electron chi connectivity index (χ3n) is 3.80. The normalized spacial score (nSPS) is 24.4. The number of nitrogens with zero attached hydrogens (tertiary/aromatic N) is 2. The van der Waals surface area contributed by atoms with Crippen molar-refractivity contribution >= 4 is 0 Å². The van der Waals surface area contributed by atoms with E-state index >= 15 is 0 Å². The summed E-state index contributed by atoms with van der Waals surface area (Å²) in [5.41, 5.74) is 2.62. The molecule has 0 saturated heterocycles. The van der Waals surface area contributed by atoms with Crippen LogP contribution in [0.4, 0.5) is 0 Å². The van der Waals surface area contributed by atoms with Crippen LogP contribution in [0.15, 0.2) is 6.07 Å². The molecule has 1 aromatic rings. The van der Waals surface area contributed by atoms with E-state index in [0.717, 1.165) is 19.4 Å². The Morgan fingerprint density at radius 3 is 2.44 bits per heavy atom. The highest BCUT2D eigenvalue weighted by Crippen LogP contribution is 2.32. The third kappa shape index (κ3) is 2.77. The summed E-state index contributed by atoms with van der Waals surface area (Å²) in [5, 5.41) is 14.1. The first-order valence-electron chi connectivity index (χ1n) is 7.03. The van der Waals surface area contributed by atoms with Crippen LogP contribution in [0.1, 0.15) is 64.8 Å². The van der Waals surface area contributed by atoms with Crippen LogP contribution in [0.2, 0.25) is 0 Å². The first kappa shape index (κ1) is 13.6. The van der Waals surface area contributed by atoms with Gasteiger partial charge in [-0.1, -0.05) is 34.6 Å². The number of hydrogen-bond acceptors (Lipinski definition) is 2. The zero-order valence-corrected chi connectivity index (χ0v) is 12.3. The molecule has 18 heavy (non-hydrogen) atoms. The number of aliphatic hydroxyl groups excluding tert-OH is 1. The Morgan fingerprint density at radius 1 is 1.39 bits per heavy atom. The number of aromatic nitrogens is 2. The molecule has 1 aromatic heterocycles. The lowest BCUT2D eigenvalue weighted by atomic mass is 9.82. The molecule has 0 amide bonds. The molecule has 1 fully saturated rings. The molecule has 1 aliphatic carbocycles. The maximum absolute atomic E-state index is 9.39. The van der Waals surface area contributed by atoms with Gasteiger partial charge in [-0.2, -0.15) is 5.10 Å². The van der Waals surface area contributed by atoms with Gasteiger partial charge in [0.2, 0.25) is 0 Å². The molecule has 3 heteroatoms. The predicted molar refractivity (Wildman–Crippen MR) is 73.7 cm³/mol. The van der Waals surface area contributed by atoms with Gasteiger partial charge in [0.15, 0.2) is 0 Å². The largest absolute Gasteiger partial charge is 0.393 e. The van der Waals surface area contributed by atoms with E-state index in [9.17, 15) is 5.11 Å². The van der Waals surface area contributed by atoms with Crippen LogP contribution in [0.5, 0.6) is 0 Å². The van der Waals surface area contributed by atoms with Gasteiger partial charge < -0.3 is 5.11 Å². The highest BCUT2D eigenvalue weighted by molar-refractivity contribution is 5.20. The monoisotopic (exact) mass is 250 g/mol. The van der Waals surface area contributed by atoms with Crippen molar-refractivity contribution in [1.82, 2.24) is 9.78 Å². The molecule has 1 aliphatic rings. The van der Waals surface area contributed by atoms with E-state index < -0.39 is 0 Å². The molecular formula is C15H26N2O. The summed E-state index contributed by atoms with van der Waals surface area (Å²) >= 11 is 0. The molecule has 0 aliphatic heterocycles. The molecule has 3 nitrogen and oxygen atoms in total. The predicted octanol–water partition coefficient (Wildman–Crippen LogP) is 3.07. The van der Waals surface area contributed by atoms with E-state index in [2.05, 4.69) is 45.4 Å². The SMILES string of the molecule is CC(C)c1cc(C(C)(C)C)n(CC2CC(O)C2)n1. The van der Waals surface area contributed by atoms with Gasteiger partial charge in [0.05, 0.1) is 11.8 Å². The van der Waals surface area contributed by atoms with Crippen molar-refractivity contribution in [1.29, 1.82) is 0 Å². The second-order valence-corrected chi connectivity index (χ2v) is 7.03. The lowest BCUT2D eigenvalue weighted by molar-refractivity contribution is 0.0329. The molecule has 1 heterocycles. The van der Waals surface area contributed by atoms with Crippen LogP contribution >= 0.6 is 0 Å². The van der Waals surface area contributed by atoms with Gasteiger partial charge in [0.25, 0.3) is 0 Å². The van der Waals surface area contributed by atoms with E-state index in [-0.39, 0.29) is 11.5 Å². The smallest absolute Gasteiger partial charge is 0.0653 e. The lowest BCUT2D eigenvalue weighted by Crippen LogP contribution is -2.33. The molecule has 1 saturated carbocycles. The molecule has 0 spiro atoms. The van der Waals surface area contributed by atoms with Gasteiger partial charge in [0, 0.05) is 17.7 Å². The van der Waals surface area contributed by atoms with E-state index in [1.54, 1.807) is 0 Å². The Labute approximate surface area is 110 Å². The summed E-state index contributed by atoms with van der Waals surface area (Å²) in [6, 6.07) is 2.25. The second kappa shape index (κ2) is 4.69.